The van der Waals surface area contributed by atoms with Gasteiger partial charge in [-0.2, -0.15) is 0 Å². The minimum Gasteiger partial charge on any atom is -0.467 e. The van der Waals surface area contributed by atoms with Crippen molar-refractivity contribution in [2.24, 2.45) is 5.92 Å². The molecule has 1 atom stereocenters. The van der Waals surface area contributed by atoms with Crippen LogP contribution in [0, 0.1) is 5.92 Å². The molecule has 198 valence electrons. The second-order valence-electron chi connectivity index (χ2n) is 9.58. The molecule has 1 aliphatic rings. The van der Waals surface area contributed by atoms with Crippen LogP contribution in [0.5, 0.6) is 0 Å². The maximum absolute atomic E-state index is 13.1. The number of hydrogen-bond acceptors (Lipinski definition) is 8. The van der Waals surface area contributed by atoms with Gasteiger partial charge in [-0.3, -0.25) is 14.4 Å². The van der Waals surface area contributed by atoms with Crippen molar-refractivity contribution in [1.82, 2.24) is 16.0 Å². The van der Waals surface area contributed by atoms with Crippen LogP contribution in [-0.2, 0) is 40.0 Å². The fourth-order valence-electron chi connectivity index (χ4n) is 3.74. The number of nitrogens with one attached hydrogen (secondary N) is 3. The van der Waals surface area contributed by atoms with Crippen molar-refractivity contribution < 1.29 is 38.2 Å². The molecule has 0 bridgehead atoms. The van der Waals surface area contributed by atoms with E-state index >= 15 is 0 Å². The quantitative estimate of drug-likeness (QED) is 0.247. The third-order valence-corrected chi connectivity index (χ3v) is 5.51. The molecule has 11 heteroatoms. The molecule has 1 saturated carbocycles. The topological polar surface area (TPSA) is 149 Å². The van der Waals surface area contributed by atoms with Crippen LogP contribution >= 0.6 is 0 Å². The Morgan fingerprint density at radius 3 is 2.22 bits per heavy atom. The van der Waals surface area contributed by atoms with E-state index in [2.05, 4.69) is 16.0 Å². The summed E-state index contributed by atoms with van der Waals surface area (Å²) in [5.74, 6) is -4.25. The number of ether oxygens (including phenoxy) is 3. The van der Waals surface area contributed by atoms with E-state index in [0.717, 1.165) is 18.4 Å². The number of methoxy groups -OCH3 is 1. The highest BCUT2D eigenvalue weighted by molar-refractivity contribution is 6.01. The van der Waals surface area contributed by atoms with Crippen LogP contribution in [0.2, 0.25) is 0 Å². The van der Waals surface area contributed by atoms with Crippen LogP contribution in [0.15, 0.2) is 30.3 Å². The molecule has 3 N–H and O–H groups in total. The van der Waals surface area contributed by atoms with E-state index in [1.165, 1.54) is 7.11 Å². The highest BCUT2D eigenvalue weighted by atomic mass is 16.6. The normalized spacial score (nSPS) is 15.2. The van der Waals surface area contributed by atoms with Gasteiger partial charge in [0.2, 0.25) is 11.8 Å². The van der Waals surface area contributed by atoms with E-state index in [4.69, 9.17) is 14.2 Å². The van der Waals surface area contributed by atoms with E-state index in [9.17, 15) is 24.0 Å². The van der Waals surface area contributed by atoms with E-state index in [1.54, 1.807) is 45.0 Å². The molecule has 2 rings (SSSR count). The number of alkyl carbamates (subject to hydrolysis) is 1. The molecule has 0 radical (unpaired) electrons. The van der Waals surface area contributed by atoms with Crippen LogP contribution in [0.4, 0.5) is 4.79 Å². The highest BCUT2D eigenvalue weighted by Crippen LogP contribution is 2.31. The smallest absolute Gasteiger partial charge is 0.407 e. The molecule has 0 saturated heterocycles. The molecule has 1 aromatic carbocycles. The SMILES string of the molecule is COC(=O)C1(NC(=O)C(CNC(=O)CNC(=O)OCc2ccccc2)C(=O)OC(C)(C)C)CCCC1. The first-order valence-corrected chi connectivity index (χ1v) is 11.8. The van der Waals surface area contributed by atoms with Gasteiger partial charge in [0.25, 0.3) is 0 Å². The largest absolute Gasteiger partial charge is 0.467 e. The Kier molecular flexibility index (Phi) is 10.2. The average molecular weight is 506 g/mol. The summed E-state index contributed by atoms with van der Waals surface area (Å²) in [7, 11) is 1.23. The third kappa shape index (κ3) is 8.86. The summed E-state index contributed by atoms with van der Waals surface area (Å²) in [6.07, 6.45) is 1.41. The van der Waals surface area contributed by atoms with E-state index in [-0.39, 0.29) is 6.61 Å². The maximum Gasteiger partial charge on any atom is 0.407 e. The van der Waals surface area contributed by atoms with Crippen molar-refractivity contribution in [3.8, 4) is 0 Å². The Labute approximate surface area is 210 Å². The van der Waals surface area contributed by atoms with Gasteiger partial charge in [-0.05, 0) is 39.2 Å². The number of amides is 3. The van der Waals surface area contributed by atoms with Crippen LogP contribution in [0.3, 0.4) is 0 Å². The molecule has 3 amide bonds. The Morgan fingerprint density at radius 1 is 1.00 bits per heavy atom. The predicted octanol–water partition coefficient (Wildman–Crippen LogP) is 1.59. The molecule has 1 aromatic rings. The lowest BCUT2D eigenvalue weighted by atomic mass is 9.96. The summed E-state index contributed by atoms with van der Waals surface area (Å²) in [6, 6.07) is 9.03. The van der Waals surface area contributed by atoms with Crippen molar-refractivity contribution >= 4 is 29.8 Å². The highest BCUT2D eigenvalue weighted by Gasteiger charge is 2.46. The summed E-state index contributed by atoms with van der Waals surface area (Å²) >= 11 is 0. The second kappa shape index (κ2) is 12.9. The van der Waals surface area contributed by atoms with Crippen LogP contribution in [0.1, 0.15) is 52.0 Å². The first kappa shape index (κ1) is 28.6. The second-order valence-corrected chi connectivity index (χ2v) is 9.58. The van der Waals surface area contributed by atoms with E-state index in [1.807, 2.05) is 6.07 Å². The van der Waals surface area contributed by atoms with Gasteiger partial charge < -0.3 is 30.2 Å². The van der Waals surface area contributed by atoms with Gasteiger partial charge in [0, 0.05) is 6.54 Å². The van der Waals surface area contributed by atoms with Gasteiger partial charge in [-0.15, -0.1) is 0 Å². The van der Waals surface area contributed by atoms with E-state index < -0.39 is 60.0 Å². The summed E-state index contributed by atoms with van der Waals surface area (Å²) in [6.45, 7) is 4.17. The summed E-state index contributed by atoms with van der Waals surface area (Å²) in [5, 5.41) is 7.42. The molecule has 1 fully saturated rings. The van der Waals surface area contributed by atoms with Crippen LogP contribution in [0.25, 0.3) is 0 Å². The van der Waals surface area contributed by atoms with Gasteiger partial charge in [0.05, 0.1) is 13.7 Å². The zero-order valence-electron chi connectivity index (χ0n) is 21.2. The van der Waals surface area contributed by atoms with Crippen molar-refractivity contribution in [1.29, 1.82) is 0 Å². The van der Waals surface area contributed by atoms with Gasteiger partial charge in [-0.1, -0.05) is 43.2 Å². The van der Waals surface area contributed by atoms with Crippen molar-refractivity contribution in [3.05, 3.63) is 35.9 Å². The van der Waals surface area contributed by atoms with Gasteiger partial charge >= 0.3 is 18.0 Å². The lowest BCUT2D eigenvalue weighted by molar-refractivity contribution is -0.164. The Morgan fingerprint density at radius 2 is 1.64 bits per heavy atom. The molecule has 1 aliphatic carbocycles. The predicted molar refractivity (Wildman–Crippen MR) is 128 cm³/mol. The first-order chi connectivity index (χ1) is 17.0. The summed E-state index contributed by atoms with van der Waals surface area (Å²) < 4.78 is 15.3. The van der Waals surface area contributed by atoms with Gasteiger partial charge in [0.15, 0.2) is 5.92 Å². The summed E-state index contributed by atoms with van der Waals surface area (Å²) in [5.41, 5.74) is -1.31. The fraction of sp³-hybridized carbons (Fsp3) is 0.560. The zero-order valence-corrected chi connectivity index (χ0v) is 21.2. The number of carbonyl (C=O) groups excluding carboxylic acids is 5. The molecular formula is C25H35N3O8. The van der Waals surface area contributed by atoms with Crippen molar-refractivity contribution in [2.75, 3.05) is 20.2 Å². The van der Waals surface area contributed by atoms with Gasteiger partial charge in [-0.25, -0.2) is 9.59 Å². The van der Waals surface area contributed by atoms with Crippen LogP contribution in [-0.4, -0.2) is 61.2 Å². The molecular weight excluding hydrogens is 470 g/mol. The Bertz CT molecular complexity index is 936. The lowest BCUT2D eigenvalue weighted by Gasteiger charge is -2.30. The molecule has 0 heterocycles. The number of rotatable bonds is 10. The van der Waals surface area contributed by atoms with Crippen molar-refractivity contribution in [3.63, 3.8) is 0 Å². The standard InChI is InChI=1S/C25H35N3O8/c1-24(2,3)36-21(31)18(20(30)28-25(22(32)34-4)12-8-9-13-25)14-26-19(29)15-27-23(33)35-16-17-10-6-5-7-11-17/h5-7,10-11,18H,8-9,12-16H2,1-4H3,(H,26,29)(H,27,33)(H,28,30). The fourth-order valence-corrected chi connectivity index (χ4v) is 3.74. The average Bonchev–Trinajstić information content (AvgIpc) is 3.30. The lowest BCUT2D eigenvalue weighted by Crippen LogP contribution is -2.57. The number of esters is 2. The molecule has 0 aromatic heterocycles. The summed E-state index contributed by atoms with van der Waals surface area (Å²) in [4.78, 5) is 62.4. The Hall–Kier alpha value is -3.63. The third-order valence-electron chi connectivity index (χ3n) is 5.51. The maximum atomic E-state index is 13.1. The van der Waals surface area contributed by atoms with E-state index in [0.29, 0.717) is 12.8 Å². The van der Waals surface area contributed by atoms with Crippen molar-refractivity contribution in [2.45, 2.75) is 64.2 Å². The molecule has 1 unspecified atom stereocenters. The molecule has 0 spiro atoms. The molecule has 0 aliphatic heterocycles. The van der Waals surface area contributed by atoms with Crippen LogP contribution < -0.4 is 16.0 Å². The number of benzene rings is 1. The first-order valence-electron chi connectivity index (χ1n) is 11.8. The molecule has 11 nitrogen and oxygen atoms in total. The van der Waals surface area contributed by atoms with Gasteiger partial charge in [0.1, 0.15) is 17.7 Å². The minimum absolute atomic E-state index is 0.0388. The monoisotopic (exact) mass is 505 g/mol. The zero-order chi connectivity index (χ0) is 26.8. The number of hydrogen-bond donors (Lipinski definition) is 3. The minimum atomic E-state index is -1.42. The number of carbonyl (C=O) groups is 5. The molecule has 36 heavy (non-hydrogen) atoms. The Balaban J connectivity index is 1.95.